The molecule has 96 valence electrons. The van der Waals surface area contributed by atoms with Gasteiger partial charge in [0.1, 0.15) is 5.76 Å². The number of nitrogens with one attached hydrogen (secondary N) is 1. The molecule has 2 aromatic rings. The minimum absolute atomic E-state index is 0.219. The van der Waals surface area contributed by atoms with Gasteiger partial charge in [0, 0.05) is 5.69 Å². The maximum atomic E-state index is 11.0. The van der Waals surface area contributed by atoms with Gasteiger partial charge in [0.25, 0.3) is 10.0 Å². The Morgan fingerprint density at radius 3 is 2.67 bits per heavy atom. The van der Waals surface area contributed by atoms with E-state index in [1.807, 2.05) is 31.2 Å². The fourth-order valence-corrected chi connectivity index (χ4v) is 2.03. The van der Waals surface area contributed by atoms with Crippen LogP contribution in [0.2, 0.25) is 0 Å². The number of sulfonamides is 1. The van der Waals surface area contributed by atoms with E-state index >= 15 is 0 Å². The van der Waals surface area contributed by atoms with Crippen molar-refractivity contribution in [1.82, 2.24) is 0 Å². The average Bonchev–Trinajstić information content (AvgIpc) is 2.74. The molecule has 0 unspecified atom stereocenters. The molecule has 0 fully saturated rings. The van der Waals surface area contributed by atoms with Crippen molar-refractivity contribution in [2.45, 2.75) is 18.6 Å². The normalized spacial score (nSPS) is 11.4. The summed E-state index contributed by atoms with van der Waals surface area (Å²) in [6.45, 7) is 2.40. The summed E-state index contributed by atoms with van der Waals surface area (Å²) < 4.78 is 27.2. The highest BCUT2D eigenvalue weighted by atomic mass is 32.2. The molecule has 5 nitrogen and oxygen atoms in total. The van der Waals surface area contributed by atoms with E-state index in [-0.39, 0.29) is 5.09 Å². The zero-order chi connectivity index (χ0) is 13.2. The molecule has 0 atom stereocenters. The van der Waals surface area contributed by atoms with E-state index in [4.69, 9.17) is 9.56 Å². The van der Waals surface area contributed by atoms with Gasteiger partial charge in [0.05, 0.1) is 6.54 Å². The fourth-order valence-electron chi connectivity index (χ4n) is 1.55. The molecular formula is C12H14N2O3S. The predicted octanol–water partition coefficient (Wildman–Crippen LogP) is 1.85. The van der Waals surface area contributed by atoms with Crippen LogP contribution in [0.25, 0.3) is 0 Å². The molecule has 0 aliphatic carbocycles. The van der Waals surface area contributed by atoms with Gasteiger partial charge in [-0.3, -0.25) is 0 Å². The average molecular weight is 266 g/mol. The van der Waals surface area contributed by atoms with Crippen LogP contribution in [-0.4, -0.2) is 8.42 Å². The van der Waals surface area contributed by atoms with E-state index < -0.39 is 10.0 Å². The van der Waals surface area contributed by atoms with Gasteiger partial charge in [-0.2, -0.15) is 0 Å². The number of primary sulfonamides is 1. The van der Waals surface area contributed by atoms with Crippen molar-refractivity contribution in [2.24, 2.45) is 5.14 Å². The summed E-state index contributed by atoms with van der Waals surface area (Å²) in [7, 11) is -3.77. The van der Waals surface area contributed by atoms with Gasteiger partial charge in [-0.25, -0.2) is 13.6 Å². The zero-order valence-electron chi connectivity index (χ0n) is 9.88. The van der Waals surface area contributed by atoms with Gasteiger partial charge in [-0.1, -0.05) is 12.1 Å². The maximum Gasteiger partial charge on any atom is 0.271 e. The number of nitrogens with two attached hydrogens (primary N) is 1. The van der Waals surface area contributed by atoms with Crippen LogP contribution in [0.3, 0.4) is 0 Å². The molecule has 1 aromatic heterocycles. The molecule has 0 saturated heterocycles. The minimum Gasteiger partial charge on any atom is -0.446 e. The third-order valence-corrected chi connectivity index (χ3v) is 3.18. The molecule has 0 aliphatic heterocycles. The Morgan fingerprint density at radius 1 is 1.28 bits per heavy atom. The first-order valence-electron chi connectivity index (χ1n) is 5.37. The quantitative estimate of drug-likeness (QED) is 0.884. The van der Waals surface area contributed by atoms with Crippen LogP contribution in [0.4, 0.5) is 5.69 Å². The number of hydrogen-bond donors (Lipinski definition) is 2. The molecular weight excluding hydrogens is 252 g/mol. The van der Waals surface area contributed by atoms with E-state index in [9.17, 15) is 8.42 Å². The highest BCUT2D eigenvalue weighted by Gasteiger charge is 2.12. The number of aryl methyl sites for hydroxylation is 1. The zero-order valence-corrected chi connectivity index (χ0v) is 10.7. The van der Waals surface area contributed by atoms with Crippen molar-refractivity contribution in [2.75, 3.05) is 5.32 Å². The summed E-state index contributed by atoms with van der Waals surface area (Å²) in [5, 5.41) is 7.87. The van der Waals surface area contributed by atoms with Gasteiger partial charge in [-0.15, -0.1) is 0 Å². The Bertz CT molecular complexity index is 647. The highest BCUT2D eigenvalue weighted by Crippen LogP contribution is 2.15. The van der Waals surface area contributed by atoms with Gasteiger partial charge in [-0.05, 0) is 36.8 Å². The fraction of sp³-hybridized carbons (Fsp3) is 0.167. The lowest BCUT2D eigenvalue weighted by Gasteiger charge is -2.04. The molecule has 2 rings (SSSR count). The van der Waals surface area contributed by atoms with Crippen LogP contribution >= 0.6 is 0 Å². The Hall–Kier alpha value is -1.79. The van der Waals surface area contributed by atoms with E-state index in [2.05, 4.69) is 5.32 Å². The molecule has 1 aromatic carbocycles. The second kappa shape index (κ2) is 4.83. The Morgan fingerprint density at radius 2 is 2.06 bits per heavy atom. The first kappa shape index (κ1) is 12.7. The second-order valence-electron chi connectivity index (χ2n) is 3.99. The first-order chi connectivity index (χ1) is 8.45. The SMILES string of the molecule is Cc1cccc(NCc2ccc(S(N)(=O)=O)o2)c1. The van der Waals surface area contributed by atoms with Crippen LogP contribution in [0.1, 0.15) is 11.3 Å². The van der Waals surface area contributed by atoms with Crippen LogP contribution in [0.5, 0.6) is 0 Å². The van der Waals surface area contributed by atoms with Crippen LogP contribution in [0.15, 0.2) is 45.9 Å². The van der Waals surface area contributed by atoms with Crippen molar-refractivity contribution in [1.29, 1.82) is 0 Å². The van der Waals surface area contributed by atoms with Crippen molar-refractivity contribution < 1.29 is 12.8 Å². The van der Waals surface area contributed by atoms with Gasteiger partial charge >= 0.3 is 0 Å². The predicted molar refractivity (Wildman–Crippen MR) is 68.6 cm³/mol. The topological polar surface area (TPSA) is 85.3 Å². The number of hydrogen-bond acceptors (Lipinski definition) is 4. The largest absolute Gasteiger partial charge is 0.446 e. The molecule has 3 N–H and O–H groups in total. The lowest BCUT2D eigenvalue weighted by Crippen LogP contribution is -2.10. The van der Waals surface area contributed by atoms with Gasteiger partial charge < -0.3 is 9.73 Å². The molecule has 6 heteroatoms. The lowest BCUT2D eigenvalue weighted by atomic mass is 10.2. The lowest BCUT2D eigenvalue weighted by molar-refractivity contribution is 0.419. The highest BCUT2D eigenvalue weighted by molar-refractivity contribution is 7.89. The molecule has 0 saturated carbocycles. The standard InChI is InChI=1S/C12H14N2O3S/c1-9-3-2-4-10(7-9)14-8-11-5-6-12(17-11)18(13,15)16/h2-7,14H,8H2,1H3,(H2,13,15,16). The molecule has 0 amide bonds. The summed E-state index contributed by atoms with van der Waals surface area (Å²) in [6, 6.07) is 10.8. The van der Waals surface area contributed by atoms with Gasteiger partial charge in [0.2, 0.25) is 5.09 Å². The van der Waals surface area contributed by atoms with Crippen molar-refractivity contribution in [3.8, 4) is 0 Å². The van der Waals surface area contributed by atoms with Crippen LogP contribution < -0.4 is 10.5 Å². The van der Waals surface area contributed by atoms with E-state index in [1.165, 1.54) is 6.07 Å². The maximum absolute atomic E-state index is 11.0. The monoisotopic (exact) mass is 266 g/mol. The molecule has 18 heavy (non-hydrogen) atoms. The third-order valence-electron chi connectivity index (χ3n) is 2.40. The second-order valence-corrected chi connectivity index (χ2v) is 5.48. The summed E-state index contributed by atoms with van der Waals surface area (Å²) in [5.41, 5.74) is 2.09. The molecule has 0 aliphatic rings. The Kier molecular flexibility index (Phi) is 3.40. The molecule has 1 heterocycles. The summed E-state index contributed by atoms with van der Waals surface area (Å²) in [6.07, 6.45) is 0. The molecule has 0 spiro atoms. The van der Waals surface area contributed by atoms with E-state index in [1.54, 1.807) is 6.07 Å². The minimum atomic E-state index is -3.77. The summed E-state index contributed by atoms with van der Waals surface area (Å²) >= 11 is 0. The number of furan rings is 1. The Labute approximate surface area is 106 Å². The van der Waals surface area contributed by atoms with E-state index in [0.29, 0.717) is 12.3 Å². The molecule has 0 radical (unpaired) electrons. The van der Waals surface area contributed by atoms with Crippen molar-refractivity contribution in [3.05, 3.63) is 47.7 Å². The number of anilines is 1. The Balaban J connectivity index is 2.05. The van der Waals surface area contributed by atoms with Crippen molar-refractivity contribution in [3.63, 3.8) is 0 Å². The number of benzene rings is 1. The number of rotatable bonds is 4. The van der Waals surface area contributed by atoms with E-state index in [0.717, 1.165) is 11.3 Å². The van der Waals surface area contributed by atoms with Gasteiger partial charge in [0.15, 0.2) is 0 Å². The van der Waals surface area contributed by atoms with Crippen LogP contribution in [-0.2, 0) is 16.6 Å². The van der Waals surface area contributed by atoms with Crippen LogP contribution in [0, 0.1) is 6.92 Å². The summed E-state index contributed by atoms with van der Waals surface area (Å²) in [4.78, 5) is 0. The molecule has 0 bridgehead atoms. The van der Waals surface area contributed by atoms with Crippen molar-refractivity contribution >= 4 is 15.7 Å². The summed E-state index contributed by atoms with van der Waals surface area (Å²) in [5.74, 6) is 0.514. The smallest absolute Gasteiger partial charge is 0.271 e. The third kappa shape index (κ3) is 3.12. The first-order valence-corrected chi connectivity index (χ1v) is 6.92.